The number of aliphatic hydroxyl groups is 1. The molecule has 7 heteroatoms. The van der Waals surface area contributed by atoms with Crippen molar-refractivity contribution in [2.24, 2.45) is 0 Å². The SMILES string of the molecule is CCCCCCCCCCCCCCCCCCOCC(O)COP(=O)(O)Br. The fourth-order valence-electron chi connectivity index (χ4n) is 3.20. The Bertz CT molecular complexity index is 365. The van der Waals surface area contributed by atoms with Crippen LogP contribution in [0.3, 0.4) is 0 Å². The number of unbranched alkanes of at least 4 members (excludes halogenated alkanes) is 15. The predicted molar refractivity (Wildman–Crippen MR) is 121 cm³/mol. The minimum atomic E-state index is -3.70. The summed E-state index contributed by atoms with van der Waals surface area (Å²) >= 11 is 2.50. The van der Waals surface area contributed by atoms with Crippen molar-refractivity contribution in [3.63, 3.8) is 0 Å². The van der Waals surface area contributed by atoms with E-state index in [4.69, 9.17) is 9.63 Å². The van der Waals surface area contributed by atoms with Crippen LogP contribution in [0.2, 0.25) is 0 Å². The minimum absolute atomic E-state index is 0.131. The van der Waals surface area contributed by atoms with Crippen molar-refractivity contribution in [1.29, 1.82) is 0 Å². The van der Waals surface area contributed by atoms with Gasteiger partial charge in [0, 0.05) is 22.1 Å². The van der Waals surface area contributed by atoms with Crippen LogP contribution in [0.5, 0.6) is 0 Å². The molecule has 0 saturated carbocycles. The van der Waals surface area contributed by atoms with Crippen LogP contribution in [0.25, 0.3) is 0 Å². The summed E-state index contributed by atoms with van der Waals surface area (Å²) in [6.45, 7) is 2.80. The summed E-state index contributed by atoms with van der Waals surface area (Å²) in [6, 6.07) is 0. The van der Waals surface area contributed by atoms with Crippen LogP contribution in [0, 0.1) is 0 Å². The largest absolute Gasteiger partial charge is 0.393 e. The van der Waals surface area contributed by atoms with Gasteiger partial charge in [-0.15, -0.1) is 0 Å². The van der Waals surface area contributed by atoms with Crippen LogP contribution in [0.4, 0.5) is 0 Å². The third-order valence-corrected chi connectivity index (χ3v) is 5.96. The van der Waals surface area contributed by atoms with E-state index >= 15 is 0 Å². The van der Waals surface area contributed by atoms with Crippen molar-refractivity contribution in [2.75, 3.05) is 19.8 Å². The second-order valence-corrected chi connectivity index (χ2v) is 11.6. The molecule has 2 atom stereocenters. The molecule has 170 valence electrons. The lowest BCUT2D eigenvalue weighted by atomic mass is 10.0. The van der Waals surface area contributed by atoms with Gasteiger partial charge < -0.3 is 14.7 Å². The molecule has 0 bridgehead atoms. The summed E-state index contributed by atoms with van der Waals surface area (Å²) in [6.07, 6.45) is 16.9. The van der Waals surface area contributed by atoms with Crippen molar-refractivity contribution >= 4 is 21.8 Å². The van der Waals surface area contributed by atoms with Gasteiger partial charge in [-0.3, -0.25) is 4.52 Å². The number of ether oxygens (including phenoxy) is 1. The molecular weight excluding hydrogens is 443 g/mol. The average molecular weight is 487 g/mol. The normalized spacial score (nSPS) is 14.9. The van der Waals surface area contributed by atoms with Gasteiger partial charge in [0.15, 0.2) is 0 Å². The molecule has 2 N–H and O–H groups in total. The van der Waals surface area contributed by atoms with Crippen LogP contribution in [0.1, 0.15) is 110 Å². The number of rotatable bonds is 22. The Morgan fingerprint density at radius 2 is 1.14 bits per heavy atom. The van der Waals surface area contributed by atoms with E-state index in [1.807, 2.05) is 0 Å². The Labute approximate surface area is 181 Å². The number of hydrogen-bond donors (Lipinski definition) is 2. The highest BCUT2D eigenvalue weighted by Gasteiger charge is 2.16. The average Bonchev–Trinajstić information content (AvgIpc) is 2.65. The standard InChI is InChI=1S/C21H44BrO5P/c1-2-3-4-5-6-7-8-9-10-11-12-13-14-15-16-17-18-26-19-21(23)20-27-28(22,24)25/h21,23H,2-20H2,1H3,(H,24,25). The highest BCUT2D eigenvalue weighted by atomic mass is 79.9. The van der Waals surface area contributed by atoms with Crippen LogP contribution in [0.15, 0.2) is 0 Å². The summed E-state index contributed by atoms with van der Waals surface area (Å²) in [5.74, 6) is 0. The van der Waals surface area contributed by atoms with Crippen molar-refractivity contribution in [2.45, 2.75) is 116 Å². The molecule has 0 heterocycles. The summed E-state index contributed by atoms with van der Waals surface area (Å²) in [7, 11) is 0. The fraction of sp³-hybridized carbons (Fsp3) is 1.00. The third-order valence-electron chi connectivity index (χ3n) is 4.88. The molecule has 0 fully saturated rings. The molecule has 2 unspecified atom stereocenters. The molecule has 0 amide bonds. The molecule has 5 nitrogen and oxygen atoms in total. The van der Waals surface area contributed by atoms with Gasteiger partial charge in [-0.1, -0.05) is 103 Å². The first-order valence-corrected chi connectivity index (χ1v) is 15.0. The lowest BCUT2D eigenvalue weighted by molar-refractivity contribution is 0.0101. The topological polar surface area (TPSA) is 76.0 Å². The Morgan fingerprint density at radius 1 is 0.750 bits per heavy atom. The summed E-state index contributed by atoms with van der Waals surface area (Å²) in [5.41, 5.74) is 0. The van der Waals surface area contributed by atoms with Gasteiger partial charge in [-0.25, -0.2) is 4.57 Å². The Morgan fingerprint density at radius 3 is 1.54 bits per heavy atom. The van der Waals surface area contributed by atoms with Crippen LogP contribution in [-0.4, -0.2) is 35.9 Å². The monoisotopic (exact) mass is 486 g/mol. The summed E-state index contributed by atoms with van der Waals surface area (Å²) < 4.78 is 20.8. The zero-order valence-electron chi connectivity index (χ0n) is 18.0. The molecule has 28 heavy (non-hydrogen) atoms. The van der Waals surface area contributed by atoms with E-state index in [0.29, 0.717) is 6.61 Å². The van der Waals surface area contributed by atoms with E-state index in [1.165, 1.54) is 89.9 Å². The van der Waals surface area contributed by atoms with Crippen molar-refractivity contribution in [3.8, 4) is 0 Å². The molecule has 0 aromatic carbocycles. The number of aliphatic hydroxyl groups excluding tert-OH is 1. The van der Waals surface area contributed by atoms with Gasteiger partial charge in [-0.05, 0) is 6.42 Å². The van der Waals surface area contributed by atoms with Gasteiger partial charge >= 0.3 is 6.30 Å². The van der Waals surface area contributed by atoms with Crippen LogP contribution < -0.4 is 0 Å². The molecule has 0 aromatic heterocycles. The van der Waals surface area contributed by atoms with E-state index in [2.05, 4.69) is 26.9 Å². The first kappa shape index (κ1) is 28.5. The molecule has 0 rings (SSSR count). The van der Waals surface area contributed by atoms with Gasteiger partial charge in [0.2, 0.25) is 0 Å². The quantitative estimate of drug-likeness (QED) is 0.125. The van der Waals surface area contributed by atoms with Gasteiger partial charge in [0.25, 0.3) is 0 Å². The fourth-order valence-corrected chi connectivity index (χ4v) is 3.91. The van der Waals surface area contributed by atoms with Gasteiger partial charge in [0.1, 0.15) is 6.10 Å². The molecule has 0 aliphatic carbocycles. The second kappa shape index (κ2) is 20.8. The zero-order chi connectivity index (χ0) is 20.9. The number of hydrogen-bond acceptors (Lipinski definition) is 4. The maximum atomic E-state index is 10.9. The number of halogens is 1. The van der Waals surface area contributed by atoms with Crippen molar-refractivity contribution < 1.29 is 23.8 Å². The lowest BCUT2D eigenvalue weighted by Crippen LogP contribution is -2.21. The van der Waals surface area contributed by atoms with E-state index in [1.54, 1.807) is 0 Å². The highest BCUT2D eigenvalue weighted by Crippen LogP contribution is 2.50. The maximum Gasteiger partial charge on any atom is 0.393 e. The van der Waals surface area contributed by atoms with Crippen LogP contribution >= 0.6 is 21.8 Å². The molecule has 0 aliphatic rings. The smallest absolute Gasteiger partial charge is 0.388 e. The maximum absolute atomic E-state index is 10.9. The van der Waals surface area contributed by atoms with E-state index in [-0.39, 0.29) is 13.2 Å². The third kappa shape index (κ3) is 24.6. The molecule has 0 spiro atoms. The highest BCUT2D eigenvalue weighted by molar-refractivity contribution is 9.39. The molecule has 0 aliphatic heterocycles. The van der Waals surface area contributed by atoms with Crippen molar-refractivity contribution in [3.05, 3.63) is 0 Å². The van der Waals surface area contributed by atoms with E-state index < -0.39 is 12.4 Å². The molecule has 0 saturated heterocycles. The van der Waals surface area contributed by atoms with Gasteiger partial charge in [-0.2, -0.15) is 0 Å². The Kier molecular flexibility index (Phi) is 21.2. The Balaban J connectivity index is 3.13. The van der Waals surface area contributed by atoms with E-state index in [9.17, 15) is 9.67 Å². The molecular formula is C21H44BrO5P. The van der Waals surface area contributed by atoms with Crippen LogP contribution in [-0.2, 0) is 13.8 Å². The second-order valence-electron chi connectivity index (χ2n) is 7.78. The van der Waals surface area contributed by atoms with Crippen molar-refractivity contribution in [1.82, 2.24) is 0 Å². The first-order chi connectivity index (χ1) is 13.5. The minimum Gasteiger partial charge on any atom is -0.388 e. The Hall–Kier alpha value is 0.550. The molecule has 0 radical (unpaired) electrons. The predicted octanol–water partition coefficient (Wildman–Crippen LogP) is 7.14. The summed E-state index contributed by atoms with van der Waals surface area (Å²) in [4.78, 5) is 8.89. The van der Waals surface area contributed by atoms with Gasteiger partial charge in [0.05, 0.1) is 13.2 Å². The first-order valence-electron chi connectivity index (χ1n) is 11.4. The summed E-state index contributed by atoms with van der Waals surface area (Å²) in [5, 5.41) is 9.54. The lowest BCUT2D eigenvalue weighted by Gasteiger charge is -2.12. The zero-order valence-corrected chi connectivity index (χ0v) is 20.4. The van der Waals surface area contributed by atoms with E-state index in [0.717, 1.165) is 12.8 Å². The molecule has 0 aromatic rings.